The van der Waals surface area contributed by atoms with Crippen molar-refractivity contribution in [1.82, 2.24) is 14.8 Å². The smallest absolute Gasteiger partial charge is 0.367 e. The number of halogens is 3. The number of esters is 1. The molecular formula is C13H10BrClFN3O2. The maximum atomic E-state index is 13.8. The minimum Gasteiger partial charge on any atom is -0.461 e. The van der Waals surface area contributed by atoms with E-state index in [4.69, 9.17) is 11.6 Å². The second-order valence-electron chi connectivity index (χ2n) is 3.83. The SMILES string of the molecule is CCOC(=O)/C(F)=C/c1cc(Br)nn1-c1ncccc1Cl. The van der Waals surface area contributed by atoms with Gasteiger partial charge in [0.25, 0.3) is 0 Å². The summed E-state index contributed by atoms with van der Waals surface area (Å²) < 4.78 is 20.1. The van der Waals surface area contributed by atoms with Crippen LogP contribution in [0.15, 0.2) is 34.8 Å². The number of aromatic nitrogens is 3. The summed E-state index contributed by atoms with van der Waals surface area (Å²) in [4.78, 5) is 15.4. The number of nitrogens with zero attached hydrogens (tertiary/aromatic N) is 3. The summed E-state index contributed by atoms with van der Waals surface area (Å²) in [6.45, 7) is 1.69. The average Bonchev–Trinajstić information content (AvgIpc) is 2.80. The Kier molecular flexibility index (Phi) is 5.08. The van der Waals surface area contributed by atoms with E-state index in [2.05, 4.69) is 30.7 Å². The number of carbonyl (C=O) groups excluding carboxylic acids is 1. The Labute approximate surface area is 133 Å². The standard InChI is InChI=1S/C13H10BrClFN3O2/c1-2-21-13(20)10(16)6-8-7-11(14)18-19(8)12-9(15)4-3-5-17-12/h3-7H,2H2,1H3/b10-6-. The van der Waals surface area contributed by atoms with Gasteiger partial charge in [-0.1, -0.05) is 11.6 Å². The largest absolute Gasteiger partial charge is 0.461 e. The van der Waals surface area contributed by atoms with Crippen molar-refractivity contribution in [3.05, 3.63) is 45.5 Å². The first-order valence-electron chi connectivity index (χ1n) is 5.93. The molecule has 21 heavy (non-hydrogen) atoms. The molecule has 0 amide bonds. The maximum absolute atomic E-state index is 13.8. The molecule has 0 aliphatic carbocycles. The lowest BCUT2D eigenvalue weighted by Crippen LogP contribution is -2.06. The number of pyridine rings is 1. The van der Waals surface area contributed by atoms with Crippen LogP contribution in [0.2, 0.25) is 5.02 Å². The predicted molar refractivity (Wildman–Crippen MR) is 79.8 cm³/mol. The van der Waals surface area contributed by atoms with Crippen LogP contribution in [-0.2, 0) is 9.53 Å². The van der Waals surface area contributed by atoms with Crippen molar-refractivity contribution in [3.63, 3.8) is 0 Å². The fourth-order valence-electron chi connectivity index (χ4n) is 1.56. The Bertz CT molecular complexity index is 702. The summed E-state index contributed by atoms with van der Waals surface area (Å²) in [5.41, 5.74) is 0.299. The van der Waals surface area contributed by atoms with Crippen LogP contribution in [0.25, 0.3) is 11.9 Å². The molecule has 0 unspecified atom stereocenters. The first-order chi connectivity index (χ1) is 10.0. The molecule has 8 heteroatoms. The Balaban J connectivity index is 2.45. The van der Waals surface area contributed by atoms with Gasteiger partial charge < -0.3 is 4.74 Å². The van der Waals surface area contributed by atoms with E-state index in [0.717, 1.165) is 6.08 Å². The molecule has 0 aliphatic heterocycles. The van der Waals surface area contributed by atoms with Crippen molar-refractivity contribution < 1.29 is 13.9 Å². The number of ether oxygens (including phenoxy) is 1. The van der Waals surface area contributed by atoms with Crippen LogP contribution >= 0.6 is 27.5 Å². The van der Waals surface area contributed by atoms with Gasteiger partial charge >= 0.3 is 5.97 Å². The van der Waals surface area contributed by atoms with Gasteiger partial charge in [-0.3, -0.25) is 0 Å². The minimum atomic E-state index is -1.03. The van der Waals surface area contributed by atoms with Crippen molar-refractivity contribution in [3.8, 4) is 5.82 Å². The maximum Gasteiger partial charge on any atom is 0.367 e. The second-order valence-corrected chi connectivity index (χ2v) is 5.04. The molecule has 0 bridgehead atoms. The molecular weight excluding hydrogens is 365 g/mol. The summed E-state index contributed by atoms with van der Waals surface area (Å²) in [5, 5.41) is 4.47. The quantitative estimate of drug-likeness (QED) is 0.606. The fourth-order valence-corrected chi connectivity index (χ4v) is 2.15. The summed E-state index contributed by atoms with van der Waals surface area (Å²) in [6.07, 6.45) is 2.55. The highest BCUT2D eigenvalue weighted by molar-refractivity contribution is 9.10. The van der Waals surface area contributed by atoms with Crippen LogP contribution in [0.1, 0.15) is 12.6 Å². The highest BCUT2D eigenvalue weighted by atomic mass is 79.9. The number of rotatable bonds is 4. The lowest BCUT2D eigenvalue weighted by molar-refractivity contribution is -0.140. The van der Waals surface area contributed by atoms with Crippen LogP contribution in [0.4, 0.5) is 4.39 Å². The predicted octanol–water partition coefficient (Wildman–Crippen LogP) is 3.56. The molecule has 0 fully saturated rings. The Hall–Kier alpha value is -1.73. The van der Waals surface area contributed by atoms with E-state index in [1.54, 1.807) is 19.1 Å². The van der Waals surface area contributed by atoms with Crippen LogP contribution in [0, 0.1) is 0 Å². The van der Waals surface area contributed by atoms with E-state index in [0.29, 0.717) is 21.1 Å². The van der Waals surface area contributed by atoms with Gasteiger partial charge in [-0.05, 0) is 41.1 Å². The molecule has 2 aromatic heterocycles. The summed E-state index contributed by atoms with van der Waals surface area (Å²) in [6, 6.07) is 4.83. The first kappa shape index (κ1) is 15.7. The third kappa shape index (κ3) is 3.68. The third-order valence-corrected chi connectivity index (χ3v) is 3.07. The molecule has 2 aromatic rings. The molecule has 2 rings (SSSR count). The lowest BCUT2D eigenvalue weighted by Gasteiger charge is -2.05. The van der Waals surface area contributed by atoms with Crippen molar-refractivity contribution in [2.45, 2.75) is 6.92 Å². The highest BCUT2D eigenvalue weighted by Crippen LogP contribution is 2.23. The van der Waals surface area contributed by atoms with Gasteiger partial charge in [0.2, 0.25) is 5.83 Å². The number of carbonyl (C=O) groups is 1. The van der Waals surface area contributed by atoms with Crippen LogP contribution in [0.3, 0.4) is 0 Å². The summed E-state index contributed by atoms with van der Waals surface area (Å²) in [7, 11) is 0. The zero-order valence-corrected chi connectivity index (χ0v) is 13.2. The minimum absolute atomic E-state index is 0.0924. The Morgan fingerprint density at radius 3 is 3.05 bits per heavy atom. The van der Waals surface area contributed by atoms with Crippen LogP contribution < -0.4 is 0 Å². The monoisotopic (exact) mass is 373 g/mol. The molecule has 0 radical (unpaired) electrons. The van der Waals surface area contributed by atoms with Crippen molar-refractivity contribution in [1.29, 1.82) is 0 Å². The van der Waals surface area contributed by atoms with Crippen LogP contribution in [-0.4, -0.2) is 27.3 Å². The van der Waals surface area contributed by atoms with Gasteiger partial charge in [0, 0.05) is 12.3 Å². The fraction of sp³-hybridized carbons (Fsp3) is 0.154. The molecule has 0 atom stereocenters. The van der Waals surface area contributed by atoms with E-state index in [1.165, 1.54) is 16.9 Å². The van der Waals surface area contributed by atoms with Crippen molar-refractivity contribution in [2.24, 2.45) is 0 Å². The van der Waals surface area contributed by atoms with Gasteiger partial charge in [0.15, 0.2) is 5.82 Å². The highest BCUT2D eigenvalue weighted by Gasteiger charge is 2.15. The zero-order valence-electron chi connectivity index (χ0n) is 10.9. The summed E-state index contributed by atoms with van der Waals surface area (Å²) >= 11 is 9.24. The second kappa shape index (κ2) is 6.82. The number of hydrogen-bond donors (Lipinski definition) is 0. The Morgan fingerprint density at radius 2 is 2.38 bits per heavy atom. The topological polar surface area (TPSA) is 57.0 Å². The molecule has 0 saturated heterocycles. The molecule has 0 N–H and O–H groups in total. The summed E-state index contributed by atoms with van der Waals surface area (Å²) in [5.74, 6) is -1.74. The number of hydrogen-bond acceptors (Lipinski definition) is 4. The van der Waals surface area contributed by atoms with E-state index < -0.39 is 11.8 Å². The van der Waals surface area contributed by atoms with E-state index >= 15 is 0 Å². The van der Waals surface area contributed by atoms with Crippen LogP contribution in [0.5, 0.6) is 0 Å². The molecule has 0 spiro atoms. The molecule has 0 aliphatic rings. The van der Waals surface area contributed by atoms with Crippen molar-refractivity contribution in [2.75, 3.05) is 6.61 Å². The molecule has 110 valence electrons. The van der Waals surface area contributed by atoms with Gasteiger partial charge in [-0.2, -0.15) is 9.49 Å². The van der Waals surface area contributed by atoms with Gasteiger partial charge in [-0.25, -0.2) is 14.5 Å². The van der Waals surface area contributed by atoms with Crippen molar-refractivity contribution >= 4 is 39.6 Å². The third-order valence-electron chi connectivity index (χ3n) is 2.39. The molecule has 0 saturated carbocycles. The molecule has 5 nitrogen and oxygen atoms in total. The lowest BCUT2D eigenvalue weighted by atomic mass is 10.3. The van der Waals surface area contributed by atoms with E-state index in [9.17, 15) is 9.18 Å². The zero-order chi connectivity index (χ0) is 15.4. The van der Waals surface area contributed by atoms with E-state index in [-0.39, 0.29) is 6.61 Å². The molecule has 2 heterocycles. The van der Waals surface area contributed by atoms with Gasteiger partial charge in [0.1, 0.15) is 4.60 Å². The normalized spacial score (nSPS) is 11.5. The average molecular weight is 375 g/mol. The Morgan fingerprint density at radius 1 is 1.62 bits per heavy atom. The van der Waals surface area contributed by atoms with Gasteiger partial charge in [0.05, 0.1) is 17.3 Å². The molecule has 0 aromatic carbocycles. The van der Waals surface area contributed by atoms with Gasteiger partial charge in [-0.15, -0.1) is 0 Å². The van der Waals surface area contributed by atoms with E-state index in [1.807, 2.05) is 0 Å². The first-order valence-corrected chi connectivity index (χ1v) is 7.10.